The van der Waals surface area contributed by atoms with Crippen molar-refractivity contribution in [3.63, 3.8) is 0 Å². The maximum atomic E-state index is 10.5. The van der Waals surface area contributed by atoms with Gasteiger partial charge in [0.1, 0.15) is 11.4 Å². The fourth-order valence-corrected chi connectivity index (χ4v) is 1.86. The predicted octanol–water partition coefficient (Wildman–Crippen LogP) is 2.33. The van der Waals surface area contributed by atoms with Crippen molar-refractivity contribution in [1.29, 1.82) is 0 Å². The number of halogens is 1. The Morgan fingerprint density at radius 2 is 1.94 bits per heavy atom. The Bertz CT molecular complexity index is 488. The van der Waals surface area contributed by atoms with E-state index < -0.39 is 5.60 Å². The average molecular weight is 237 g/mol. The second kappa shape index (κ2) is 3.92. The molecule has 0 spiro atoms. The number of nitrogens with zero attached hydrogens (tertiary/aromatic N) is 2. The largest absolute Gasteiger partial charge is 0.377 e. The van der Waals surface area contributed by atoms with Gasteiger partial charge in [0.05, 0.1) is 0 Å². The summed E-state index contributed by atoms with van der Waals surface area (Å²) in [6.07, 6.45) is 3.47. The van der Waals surface area contributed by atoms with E-state index in [0.29, 0.717) is 10.8 Å². The lowest BCUT2D eigenvalue weighted by molar-refractivity contribution is 0.0892. The zero-order valence-electron chi connectivity index (χ0n) is 9.18. The van der Waals surface area contributed by atoms with Crippen molar-refractivity contribution in [3.8, 4) is 0 Å². The fourth-order valence-electron chi connectivity index (χ4n) is 1.74. The Morgan fingerprint density at radius 3 is 2.44 bits per heavy atom. The first kappa shape index (κ1) is 11.2. The third-order valence-corrected chi connectivity index (χ3v) is 2.91. The van der Waals surface area contributed by atoms with E-state index in [1.165, 1.54) is 0 Å². The Morgan fingerprint density at radius 1 is 1.31 bits per heavy atom. The summed E-state index contributed by atoms with van der Waals surface area (Å²) in [4.78, 5) is 4.17. The van der Waals surface area contributed by atoms with Gasteiger partial charge >= 0.3 is 0 Å². The average Bonchev–Trinajstić information content (AvgIpc) is 2.66. The molecule has 0 aliphatic heterocycles. The van der Waals surface area contributed by atoms with Crippen LogP contribution < -0.4 is 0 Å². The van der Waals surface area contributed by atoms with Crippen molar-refractivity contribution in [1.82, 2.24) is 9.55 Å². The van der Waals surface area contributed by atoms with Gasteiger partial charge in [-0.05, 0) is 24.6 Å². The van der Waals surface area contributed by atoms with Gasteiger partial charge in [-0.2, -0.15) is 0 Å². The van der Waals surface area contributed by atoms with Crippen LogP contribution in [0.3, 0.4) is 0 Å². The molecular formula is C12H13ClN2O. The van der Waals surface area contributed by atoms with E-state index in [1.54, 1.807) is 48.1 Å². The van der Waals surface area contributed by atoms with E-state index in [4.69, 9.17) is 11.6 Å². The summed E-state index contributed by atoms with van der Waals surface area (Å²) in [5, 5.41) is 11.1. The number of aliphatic hydroxyl groups is 1. The molecular weight excluding hydrogens is 224 g/mol. The van der Waals surface area contributed by atoms with Crippen LogP contribution in [0.25, 0.3) is 0 Å². The molecule has 0 saturated heterocycles. The van der Waals surface area contributed by atoms with Crippen molar-refractivity contribution in [2.45, 2.75) is 12.5 Å². The number of benzene rings is 1. The van der Waals surface area contributed by atoms with Crippen molar-refractivity contribution in [2.24, 2.45) is 7.05 Å². The van der Waals surface area contributed by atoms with Gasteiger partial charge in [-0.3, -0.25) is 0 Å². The Labute approximate surface area is 99.3 Å². The lowest BCUT2D eigenvalue weighted by atomic mass is 9.95. The van der Waals surface area contributed by atoms with Crippen molar-refractivity contribution in [3.05, 3.63) is 53.1 Å². The molecule has 1 N–H and O–H groups in total. The van der Waals surface area contributed by atoms with Gasteiger partial charge in [-0.25, -0.2) is 4.98 Å². The second-order valence-corrected chi connectivity index (χ2v) is 4.38. The Kier molecular flexibility index (Phi) is 2.74. The van der Waals surface area contributed by atoms with E-state index >= 15 is 0 Å². The first-order chi connectivity index (χ1) is 7.51. The monoisotopic (exact) mass is 236 g/mol. The van der Waals surface area contributed by atoms with Gasteiger partial charge in [0.25, 0.3) is 0 Å². The Hall–Kier alpha value is -1.32. The molecule has 4 heteroatoms. The summed E-state index contributed by atoms with van der Waals surface area (Å²) in [6, 6.07) is 7.12. The van der Waals surface area contributed by atoms with Crippen LogP contribution in [0.4, 0.5) is 0 Å². The number of imidazole rings is 1. The summed E-state index contributed by atoms with van der Waals surface area (Å²) in [5.41, 5.74) is -0.339. The van der Waals surface area contributed by atoms with Crippen LogP contribution >= 0.6 is 11.6 Å². The SMILES string of the molecule is Cn1ccnc1C(C)(O)c1ccc(Cl)cc1. The molecule has 0 aliphatic rings. The van der Waals surface area contributed by atoms with Gasteiger partial charge in [0, 0.05) is 24.5 Å². The van der Waals surface area contributed by atoms with Crippen LogP contribution in [-0.2, 0) is 12.6 Å². The number of aryl methyl sites for hydroxylation is 1. The van der Waals surface area contributed by atoms with Crippen LogP contribution in [-0.4, -0.2) is 14.7 Å². The predicted molar refractivity (Wildman–Crippen MR) is 63.3 cm³/mol. The van der Waals surface area contributed by atoms with Crippen molar-refractivity contribution >= 4 is 11.6 Å². The van der Waals surface area contributed by atoms with E-state index in [2.05, 4.69) is 4.98 Å². The maximum Gasteiger partial charge on any atom is 0.144 e. The molecule has 1 atom stereocenters. The summed E-state index contributed by atoms with van der Waals surface area (Å²) in [6.45, 7) is 1.72. The van der Waals surface area contributed by atoms with Crippen LogP contribution in [0.15, 0.2) is 36.7 Å². The topological polar surface area (TPSA) is 38.0 Å². The molecule has 3 nitrogen and oxygen atoms in total. The second-order valence-electron chi connectivity index (χ2n) is 3.94. The summed E-state index contributed by atoms with van der Waals surface area (Å²) < 4.78 is 1.80. The highest BCUT2D eigenvalue weighted by molar-refractivity contribution is 6.30. The third-order valence-electron chi connectivity index (χ3n) is 2.66. The van der Waals surface area contributed by atoms with Gasteiger partial charge in [0.15, 0.2) is 0 Å². The molecule has 0 amide bonds. The minimum absolute atomic E-state index is 0.606. The van der Waals surface area contributed by atoms with Crippen molar-refractivity contribution in [2.75, 3.05) is 0 Å². The van der Waals surface area contributed by atoms with E-state index in [1.807, 2.05) is 7.05 Å². The standard InChI is InChI=1S/C12H13ClN2O/c1-12(16,11-14-7-8-15(11)2)9-3-5-10(13)6-4-9/h3-8,16H,1-2H3. The smallest absolute Gasteiger partial charge is 0.144 e. The zero-order valence-corrected chi connectivity index (χ0v) is 9.94. The van der Waals surface area contributed by atoms with Crippen LogP contribution in [0, 0.1) is 0 Å². The summed E-state index contributed by atoms with van der Waals surface area (Å²) in [5.74, 6) is 0.606. The molecule has 1 unspecified atom stereocenters. The normalized spacial score (nSPS) is 14.8. The van der Waals surface area contributed by atoms with Gasteiger partial charge < -0.3 is 9.67 Å². The highest BCUT2D eigenvalue weighted by Crippen LogP contribution is 2.28. The van der Waals surface area contributed by atoms with Gasteiger partial charge in [-0.15, -0.1) is 0 Å². The molecule has 1 heterocycles. The molecule has 0 fully saturated rings. The number of hydrogen-bond acceptors (Lipinski definition) is 2. The van der Waals surface area contributed by atoms with Crippen LogP contribution in [0.1, 0.15) is 18.3 Å². The highest BCUT2D eigenvalue weighted by Gasteiger charge is 2.29. The first-order valence-electron chi connectivity index (χ1n) is 4.98. The molecule has 0 aliphatic carbocycles. The summed E-state index contributed by atoms with van der Waals surface area (Å²) >= 11 is 5.82. The van der Waals surface area contributed by atoms with E-state index in [0.717, 1.165) is 5.56 Å². The molecule has 1 aromatic carbocycles. The number of aromatic nitrogens is 2. The maximum absolute atomic E-state index is 10.5. The first-order valence-corrected chi connectivity index (χ1v) is 5.36. The Balaban J connectivity index is 2.46. The van der Waals surface area contributed by atoms with Crippen molar-refractivity contribution < 1.29 is 5.11 Å². The third kappa shape index (κ3) is 1.84. The molecule has 1 aromatic heterocycles. The quantitative estimate of drug-likeness (QED) is 0.869. The number of rotatable bonds is 2. The molecule has 0 saturated carbocycles. The van der Waals surface area contributed by atoms with E-state index in [9.17, 15) is 5.11 Å². The molecule has 2 aromatic rings. The lowest BCUT2D eigenvalue weighted by Gasteiger charge is -2.23. The lowest BCUT2D eigenvalue weighted by Crippen LogP contribution is -2.26. The van der Waals surface area contributed by atoms with Gasteiger partial charge in [0.2, 0.25) is 0 Å². The molecule has 2 rings (SSSR count). The number of hydrogen-bond donors (Lipinski definition) is 1. The molecule has 0 bridgehead atoms. The van der Waals surface area contributed by atoms with E-state index in [-0.39, 0.29) is 0 Å². The minimum atomic E-state index is -1.11. The van der Waals surface area contributed by atoms with Crippen LogP contribution in [0.5, 0.6) is 0 Å². The highest BCUT2D eigenvalue weighted by atomic mass is 35.5. The minimum Gasteiger partial charge on any atom is -0.377 e. The molecule has 84 valence electrons. The zero-order chi connectivity index (χ0) is 11.8. The van der Waals surface area contributed by atoms with Gasteiger partial charge in [-0.1, -0.05) is 23.7 Å². The molecule has 16 heavy (non-hydrogen) atoms. The fraction of sp³-hybridized carbons (Fsp3) is 0.250. The summed E-state index contributed by atoms with van der Waals surface area (Å²) in [7, 11) is 1.85. The van der Waals surface area contributed by atoms with Crippen LogP contribution in [0.2, 0.25) is 5.02 Å². The molecule has 0 radical (unpaired) electrons.